The standard InChI is InChI=1S/C15H13ClN2O4/c16-13-8-11(20)4-5-12(13)15(22)18-17-14(21)7-9-2-1-3-10(19)6-9/h1-6,8,19-20H,7H2,(H,17,21)(H,18,22). The van der Waals surface area contributed by atoms with Crippen molar-refractivity contribution in [2.75, 3.05) is 0 Å². The number of carbonyl (C=O) groups excluding carboxylic acids is 2. The van der Waals surface area contributed by atoms with Crippen molar-refractivity contribution in [1.29, 1.82) is 0 Å². The van der Waals surface area contributed by atoms with Crippen LogP contribution in [0.15, 0.2) is 42.5 Å². The number of amides is 2. The number of carbonyl (C=O) groups is 2. The molecule has 0 radical (unpaired) electrons. The van der Waals surface area contributed by atoms with Crippen molar-refractivity contribution in [3.63, 3.8) is 0 Å². The number of rotatable bonds is 3. The number of hydrazine groups is 1. The summed E-state index contributed by atoms with van der Waals surface area (Å²) in [4.78, 5) is 23.6. The lowest BCUT2D eigenvalue weighted by molar-refractivity contribution is -0.121. The first kappa shape index (κ1) is 15.7. The summed E-state index contributed by atoms with van der Waals surface area (Å²) in [5, 5.41) is 18.6. The first-order chi connectivity index (χ1) is 10.5. The Balaban J connectivity index is 1.92. The number of phenols is 2. The molecular formula is C15H13ClN2O4. The maximum absolute atomic E-state index is 11.9. The normalized spacial score (nSPS) is 10.0. The molecule has 2 aromatic rings. The highest BCUT2D eigenvalue weighted by molar-refractivity contribution is 6.34. The Morgan fingerprint density at radius 1 is 1.00 bits per heavy atom. The highest BCUT2D eigenvalue weighted by Gasteiger charge is 2.12. The van der Waals surface area contributed by atoms with Gasteiger partial charge in [-0.05, 0) is 35.9 Å². The van der Waals surface area contributed by atoms with Gasteiger partial charge in [0.25, 0.3) is 5.91 Å². The van der Waals surface area contributed by atoms with Crippen molar-refractivity contribution in [3.8, 4) is 11.5 Å². The molecule has 0 saturated carbocycles. The molecule has 114 valence electrons. The maximum Gasteiger partial charge on any atom is 0.271 e. The molecule has 6 nitrogen and oxygen atoms in total. The van der Waals surface area contributed by atoms with Crippen molar-refractivity contribution in [1.82, 2.24) is 10.9 Å². The first-order valence-corrected chi connectivity index (χ1v) is 6.69. The van der Waals surface area contributed by atoms with E-state index < -0.39 is 11.8 Å². The fourth-order valence-corrected chi connectivity index (χ4v) is 2.04. The van der Waals surface area contributed by atoms with Crippen LogP contribution < -0.4 is 10.9 Å². The van der Waals surface area contributed by atoms with E-state index in [2.05, 4.69) is 10.9 Å². The van der Waals surface area contributed by atoms with Crippen molar-refractivity contribution in [2.45, 2.75) is 6.42 Å². The lowest BCUT2D eigenvalue weighted by Gasteiger charge is -2.09. The minimum Gasteiger partial charge on any atom is -0.508 e. The molecule has 0 aliphatic carbocycles. The van der Waals surface area contributed by atoms with Crippen LogP contribution in [0.1, 0.15) is 15.9 Å². The van der Waals surface area contributed by atoms with Crippen LogP contribution in [0.25, 0.3) is 0 Å². The number of aromatic hydroxyl groups is 2. The molecule has 2 aromatic carbocycles. The predicted molar refractivity (Wildman–Crippen MR) is 80.5 cm³/mol. The maximum atomic E-state index is 11.9. The summed E-state index contributed by atoms with van der Waals surface area (Å²) in [6, 6.07) is 10.1. The average Bonchev–Trinajstić information content (AvgIpc) is 2.45. The van der Waals surface area contributed by atoms with Crippen molar-refractivity contribution in [2.24, 2.45) is 0 Å². The molecule has 0 saturated heterocycles. The van der Waals surface area contributed by atoms with E-state index in [4.69, 9.17) is 11.6 Å². The minimum atomic E-state index is -0.603. The van der Waals surface area contributed by atoms with Crippen LogP contribution >= 0.6 is 11.6 Å². The topological polar surface area (TPSA) is 98.7 Å². The molecule has 0 fully saturated rings. The number of hydrogen-bond donors (Lipinski definition) is 4. The summed E-state index contributed by atoms with van der Waals surface area (Å²) >= 11 is 5.83. The fourth-order valence-electron chi connectivity index (χ4n) is 1.78. The van der Waals surface area contributed by atoms with Gasteiger partial charge in [-0.1, -0.05) is 23.7 Å². The van der Waals surface area contributed by atoms with Gasteiger partial charge in [0.15, 0.2) is 0 Å². The van der Waals surface area contributed by atoms with Gasteiger partial charge in [-0.15, -0.1) is 0 Å². The zero-order chi connectivity index (χ0) is 16.1. The van der Waals surface area contributed by atoms with Crippen LogP contribution in [-0.4, -0.2) is 22.0 Å². The number of benzene rings is 2. The SMILES string of the molecule is O=C(Cc1cccc(O)c1)NNC(=O)c1ccc(O)cc1Cl. The molecule has 2 amide bonds. The van der Waals surface area contributed by atoms with Crippen molar-refractivity contribution in [3.05, 3.63) is 58.6 Å². The van der Waals surface area contributed by atoms with Gasteiger partial charge in [-0.25, -0.2) is 0 Å². The summed E-state index contributed by atoms with van der Waals surface area (Å²) < 4.78 is 0. The Morgan fingerprint density at radius 2 is 1.73 bits per heavy atom. The highest BCUT2D eigenvalue weighted by Crippen LogP contribution is 2.21. The van der Waals surface area contributed by atoms with Crippen LogP contribution in [0.5, 0.6) is 11.5 Å². The predicted octanol–water partition coefficient (Wildman–Crippen LogP) is 1.75. The third-order valence-corrected chi connectivity index (χ3v) is 3.10. The molecule has 0 atom stereocenters. The second-order valence-electron chi connectivity index (χ2n) is 4.51. The Kier molecular flexibility index (Phi) is 4.85. The number of halogens is 1. The summed E-state index contributed by atoms with van der Waals surface area (Å²) in [6.07, 6.45) is -0.00199. The minimum absolute atomic E-state index is 0.00199. The molecule has 0 bridgehead atoms. The Bertz CT molecular complexity index is 718. The van der Waals surface area contributed by atoms with Crippen LogP contribution in [0.4, 0.5) is 0 Å². The zero-order valence-electron chi connectivity index (χ0n) is 11.3. The van der Waals surface area contributed by atoms with Gasteiger partial charge in [0.05, 0.1) is 17.0 Å². The molecule has 0 unspecified atom stereocenters. The molecule has 7 heteroatoms. The van der Waals surface area contributed by atoms with E-state index in [0.717, 1.165) is 0 Å². The zero-order valence-corrected chi connectivity index (χ0v) is 12.1. The number of hydrogen-bond acceptors (Lipinski definition) is 4. The quantitative estimate of drug-likeness (QED) is 0.648. The Hall–Kier alpha value is -2.73. The van der Waals surface area contributed by atoms with E-state index in [-0.39, 0.29) is 28.5 Å². The van der Waals surface area contributed by atoms with E-state index in [1.54, 1.807) is 12.1 Å². The summed E-state index contributed by atoms with van der Waals surface area (Å²) in [6.45, 7) is 0. The van der Waals surface area contributed by atoms with Gasteiger partial charge in [0.2, 0.25) is 5.91 Å². The van der Waals surface area contributed by atoms with E-state index in [0.29, 0.717) is 5.56 Å². The van der Waals surface area contributed by atoms with Gasteiger partial charge in [-0.3, -0.25) is 20.4 Å². The van der Waals surface area contributed by atoms with Crippen LogP contribution in [0.2, 0.25) is 5.02 Å². The summed E-state index contributed by atoms with van der Waals surface area (Å²) in [5.74, 6) is -1.05. The fraction of sp³-hybridized carbons (Fsp3) is 0.0667. The molecule has 0 spiro atoms. The smallest absolute Gasteiger partial charge is 0.271 e. The van der Waals surface area contributed by atoms with E-state index >= 15 is 0 Å². The number of phenolic OH excluding ortho intramolecular Hbond substituents is 2. The highest BCUT2D eigenvalue weighted by atomic mass is 35.5. The molecule has 0 aliphatic rings. The van der Waals surface area contributed by atoms with Gasteiger partial charge in [-0.2, -0.15) is 0 Å². The van der Waals surface area contributed by atoms with Gasteiger partial charge in [0, 0.05) is 0 Å². The lowest BCUT2D eigenvalue weighted by atomic mass is 10.1. The molecular weight excluding hydrogens is 308 g/mol. The van der Waals surface area contributed by atoms with Crippen molar-refractivity contribution >= 4 is 23.4 Å². The first-order valence-electron chi connectivity index (χ1n) is 6.31. The average molecular weight is 321 g/mol. The van der Waals surface area contributed by atoms with Crippen LogP contribution in [-0.2, 0) is 11.2 Å². The van der Waals surface area contributed by atoms with E-state index in [1.165, 1.54) is 30.3 Å². The summed E-state index contributed by atoms with van der Waals surface area (Å²) in [7, 11) is 0. The van der Waals surface area contributed by atoms with Crippen molar-refractivity contribution < 1.29 is 19.8 Å². The second-order valence-corrected chi connectivity index (χ2v) is 4.92. The molecule has 0 aromatic heterocycles. The molecule has 0 aliphatic heterocycles. The third-order valence-electron chi connectivity index (χ3n) is 2.79. The number of nitrogens with one attached hydrogen (secondary N) is 2. The largest absolute Gasteiger partial charge is 0.508 e. The van der Waals surface area contributed by atoms with Gasteiger partial charge in [0.1, 0.15) is 11.5 Å². The summed E-state index contributed by atoms with van der Waals surface area (Å²) in [5.41, 5.74) is 5.20. The molecule has 2 rings (SSSR count). The van der Waals surface area contributed by atoms with Gasteiger partial charge < -0.3 is 10.2 Å². The lowest BCUT2D eigenvalue weighted by Crippen LogP contribution is -2.42. The molecule has 22 heavy (non-hydrogen) atoms. The van der Waals surface area contributed by atoms with E-state index in [1.807, 2.05) is 0 Å². The van der Waals surface area contributed by atoms with Crippen LogP contribution in [0.3, 0.4) is 0 Å². The van der Waals surface area contributed by atoms with E-state index in [9.17, 15) is 19.8 Å². The Morgan fingerprint density at radius 3 is 2.41 bits per heavy atom. The molecule has 0 heterocycles. The third kappa shape index (κ3) is 4.13. The second kappa shape index (κ2) is 6.82. The monoisotopic (exact) mass is 320 g/mol. The molecule has 4 N–H and O–H groups in total. The van der Waals surface area contributed by atoms with Gasteiger partial charge >= 0.3 is 0 Å². The van der Waals surface area contributed by atoms with Crippen LogP contribution in [0, 0.1) is 0 Å². The Labute approximate surface area is 131 Å².